The number of nitrogens with zero attached hydrogens (tertiary/aromatic N) is 3. The quantitative estimate of drug-likeness (QED) is 0.588. The van der Waals surface area contributed by atoms with E-state index < -0.39 is 0 Å². The van der Waals surface area contributed by atoms with Crippen LogP contribution in [0.5, 0.6) is 5.75 Å². The largest absolute Gasteiger partial charge is 0.490 e. The Morgan fingerprint density at radius 1 is 1.09 bits per heavy atom. The van der Waals surface area contributed by atoms with Crippen molar-refractivity contribution in [1.29, 1.82) is 5.26 Å². The van der Waals surface area contributed by atoms with Crippen LogP contribution in [0, 0.1) is 11.3 Å². The van der Waals surface area contributed by atoms with Gasteiger partial charge in [0.2, 0.25) is 0 Å². The molecule has 2 heterocycles. The average Bonchev–Trinajstić information content (AvgIpc) is 3.45. The first-order valence-corrected chi connectivity index (χ1v) is 11.8. The van der Waals surface area contributed by atoms with E-state index in [0.29, 0.717) is 33.7 Å². The second-order valence-corrected chi connectivity index (χ2v) is 9.11. The molecule has 7 heteroatoms. The maximum absolute atomic E-state index is 13.5. The van der Waals surface area contributed by atoms with Gasteiger partial charge in [-0.1, -0.05) is 36.4 Å². The van der Waals surface area contributed by atoms with Gasteiger partial charge in [-0.05, 0) is 51.0 Å². The van der Waals surface area contributed by atoms with E-state index in [9.17, 15) is 14.9 Å². The van der Waals surface area contributed by atoms with Crippen LogP contribution in [0.2, 0.25) is 0 Å². The van der Waals surface area contributed by atoms with E-state index in [1.54, 1.807) is 23.1 Å². The average molecular weight is 460 g/mol. The molecule has 168 valence electrons. The maximum Gasteiger partial charge on any atom is 0.273 e. The molecule has 0 aliphatic carbocycles. The van der Waals surface area contributed by atoms with E-state index >= 15 is 0 Å². The highest BCUT2D eigenvalue weighted by Gasteiger charge is 2.24. The standard InChI is InChI=1S/C26H25N3O3S/c1-18(2)32-22-13-7-6-10-19(22)16-23-25(31)29(20-11-4-3-5-12-20)26(33-23)21(17-27)24(30)28-14-8-9-15-28/h3-7,10-13,16,18H,8-9,14-15H2,1-2H3. The smallest absolute Gasteiger partial charge is 0.273 e. The molecule has 1 aliphatic heterocycles. The van der Waals surface area contributed by atoms with Crippen molar-refractivity contribution in [3.8, 4) is 17.5 Å². The van der Waals surface area contributed by atoms with Crippen LogP contribution in [-0.2, 0) is 4.79 Å². The Morgan fingerprint density at radius 3 is 2.42 bits per heavy atom. The third kappa shape index (κ3) is 4.76. The van der Waals surface area contributed by atoms with Crippen molar-refractivity contribution in [2.24, 2.45) is 0 Å². The van der Waals surface area contributed by atoms with Crippen molar-refractivity contribution in [3.05, 3.63) is 79.7 Å². The molecule has 0 unspecified atom stereocenters. The summed E-state index contributed by atoms with van der Waals surface area (Å²) in [5.74, 6) is 0.349. The molecule has 1 amide bonds. The van der Waals surface area contributed by atoms with Crippen LogP contribution in [0.15, 0.2) is 59.4 Å². The van der Waals surface area contributed by atoms with Crippen molar-refractivity contribution in [2.75, 3.05) is 13.1 Å². The van der Waals surface area contributed by atoms with E-state index in [1.807, 2.05) is 56.3 Å². The van der Waals surface area contributed by atoms with Crippen molar-refractivity contribution in [2.45, 2.75) is 32.8 Å². The molecular weight excluding hydrogens is 434 g/mol. The Hall–Kier alpha value is -3.63. The van der Waals surface area contributed by atoms with Gasteiger partial charge in [0.05, 0.1) is 16.3 Å². The summed E-state index contributed by atoms with van der Waals surface area (Å²) in [5, 5.41) is 9.94. The third-order valence-electron chi connectivity index (χ3n) is 5.34. The number of benzene rings is 2. The third-order valence-corrected chi connectivity index (χ3v) is 6.43. The van der Waals surface area contributed by atoms with Gasteiger partial charge in [0.15, 0.2) is 5.57 Å². The molecule has 0 atom stereocenters. The summed E-state index contributed by atoms with van der Waals surface area (Å²) in [7, 11) is 0. The van der Waals surface area contributed by atoms with Crippen LogP contribution >= 0.6 is 11.3 Å². The first-order chi connectivity index (χ1) is 16.0. The summed E-state index contributed by atoms with van der Waals surface area (Å²) in [5.41, 5.74) is 1.10. The first-order valence-electron chi connectivity index (χ1n) is 11.0. The first kappa shape index (κ1) is 22.6. The van der Waals surface area contributed by atoms with Crippen LogP contribution in [0.3, 0.4) is 0 Å². The number of hydrogen-bond donors (Lipinski definition) is 0. The zero-order chi connectivity index (χ0) is 23.4. The van der Waals surface area contributed by atoms with E-state index in [-0.39, 0.29) is 23.1 Å². The Morgan fingerprint density at radius 2 is 1.76 bits per heavy atom. The zero-order valence-electron chi connectivity index (χ0n) is 18.7. The molecule has 1 aromatic heterocycles. The maximum atomic E-state index is 13.5. The molecule has 1 saturated heterocycles. The predicted octanol–water partition coefficient (Wildman–Crippen LogP) is 2.81. The minimum absolute atomic E-state index is 0.00535. The van der Waals surface area contributed by atoms with Gasteiger partial charge in [-0.25, -0.2) is 0 Å². The SMILES string of the molecule is CC(C)Oc1ccccc1C=c1sc(=C(C#N)C(=O)N2CCCC2)n(-c2ccccc2)c1=O. The van der Waals surface area contributed by atoms with Gasteiger partial charge in [0.1, 0.15) is 16.5 Å². The molecule has 0 radical (unpaired) electrons. The van der Waals surface area contributed by atoms with E-state index in [1.165, 1.54) is 4.57 Å². The number of para-hydroxylation sites is 2. The normalized spacial score (nSPS) is 15.0. The minimum Gasteiger partial charge on any atom is -0.490 e. The second kappa shape index (κ2) is 9.88. The molecule has 0 N–H and O–H groups in total. The lowest BCUT2D eigenvalue weighted by Crippen LogP contribution is -2.35. The van der Waals surface area contributed by atoms with Crippen LogP contribution in [-0.4, -0.2) is 34.6 Å². The minimum atomic E-state index is -0.323. The van der Waals surface area contributed by atoms with Gasteiger partial charge >= 0.3 is 0 Å². The fourth-order valence-electron chi connectivity index (χ4n) is 3.83. The number of rotatable bonds is 5. The monoisotopic (exact) mass is 459 g/mol. The van der Waals surface area contributed by atoms with Crippen molar-refractivity contribution < 1.29 is 9.53 Å². The molecular formula is C26H25N3O3S. The highest BCUT2D eigenvalue weighted by molar-refractivity contribution is 7.07. The van der Waals surface area contributed by atoms with Gasteiger partial charge in [0.25, 0.3) is 11.5 Å². The summed E-state index contributed by atoms with van der Waals surface area (Å²) < 4.78 is 8.14. The lowest BCUT2D eigenvalue weighted by molar-refractivity contribution is -0.123. The molecule has 0 saturated carbocycles. The van der Waals surface area contributed by atoms with E-state index in [0.717, 1.165) is 29.7 Å². The molecule has 4 rings (SSSR count). The highest BCUT2D eigenvalue weighted by atomic mass is 32.1. The fraction of sp³-hybridized carbons (Fsp3) is 0.269. The topological polar surface area (TPSA) is 75.3 Å². The number of amides is 1. The predicted molar refractivity (Wildman–Crippen MR) is 130 cm³/mol. The lowest BCUT2D eigenvalue weighted by atomic mass is 10.2. The molecule has 6 nitrogen and oxygen atoms in total. The Kier molecular flexibility index (Phi) is 6.76. The number of ether oxygens (including phenoxy) is 1. The van der Waals surface area contributed by atoms with Gasteiger partial charge in [-0.3, -0.25) is 14.2 Å². The van der Waals surface area contributed by atoms with Crippen LogP contribution in [0.1, 0.15) is 32.3 Å². The van der Waals surface area contributed by atoms with Crippen LogP contribution in [0.4, 0.5) is 0 Å². The lowest BCUT2D eigenvalue weighted by Gasteiger charge is -2.14. The summed E-state index contributed by atoms with van der Waals surface area (Å²) in [6, 6.07) is 18.7. The molecule has 2 aromatic carbocycles. The Labute approximate surface area is 196 Å². The van der Waals surface area contributed by atoms with Gasteiger partial charge in [0, 0.05) is 18.7 Å². The summed E-state index contributed by atoms with van der Waals surface area (Å²) in [6.07, 6.45) is 3.59. The molecule has 0 bridgehead atoms. The summed E-state index contributed by atoms with van der Waals surface area (Å²) >= 11 is 1.16. The van der Waals surface area contributed by atoms with Gasteiger partial charge in [-0.15, -0.1) is 11.3 Å². The Balaban J connectivity index is 1.99. The van der Waals surface area contributed by atoms with Gasteiger partial charge < -0.3 is 9.64 Å². The molecule has 1 aliphatic rings. The number of likely N-dealkylation sites (tertiary alicyclic amines) is 1. The van der Waals surface area contributed by atoms with Crippen molar-refractivity contribution in [3.63, 3.8) is 0 Å². The molecule has 1 fully saturated rings. The number of aromatic nitrogens is 1. The number of thiazole rings is 1. The number of carbonyl (C=O) groups excluding carboxylic acids is 1. The van der Waals surface area contributed by atoms with Crippen molar-refractivity contribution in [1.82, 2.24) is 9.47 Å². The molecule has 3 aromatic rings. The highest BCUT2D eigenvalue weighted by Crippen LogP contribution is 2.20. The van der Waals surface area contributed by atoms with Crippen LogP contribution in [0.25, 0.3) is 17.3 Å². The van der Waals surface area contributed by atoms with Crippen molar-refractivity contribution >= 4 is 28.9 Å². The summed E-state index contributed by atoms with van der Waals surface area (Å²) in [4.78, 5) is 28.4. The van der Waals surface area contributed by atoms with E-state index in [4.69, 9.17) is 4.74 Å². The second-order valence-electron chi connectivity index (χ2n) is 8.08. The fourth-order valence-corrected chi connectivity index (χ4v) is 4.92. The summed E-state index contributed by atoms with van der Waals surface area (Å²) in [6.45, 7) is 5.15. The number of hydrogen-bond acceptors (Lipinski definition) is 5. The number of nitriles is 1. The molecule has 33 heavy (non-hydrogen) atoms. The Bertz CT molecular complexity index is 1370. The number of carbonyl (C=O) groups is 1. The van der Waals surface area contributed by atoms with Crippen LogP contribution < -0.4 is 19.5 Å². The van der Waals surface area contributed by atoms with E-state index in [2.05, 4.69) is 6.07 Å². The zero-order valence-corrected chi connectivity index (χ0v) is 19.5. The molecule has 0 spiro atoms. The van der Waals surface area contributed by atoms with Gasteiger partial charge in [-0.2, -0.15) is 5.26 Å².